The average molecular weight is 354 g/mol. The van der Waals surface area contributed by atoms with Crippen molar-refractivity contribution >= 4 is 0 Å². The second-order valence-corrected chi connectivity index (χ2v) is 6.37. The number of rotatable bonds is 16. The monoisotopic (exact) mass is 353 g/mol. The molecule has 0 bridgehead atoms. The highest BCUT2D eigenvalue weighted by Crippen LogP contribution is 2.15. The third kappa shape index (κ3) is 13.3. The third-order valence-electron chi connectivity index (χ3n) is 4.26. The van der Waals surface area contributed by atoms with Gasteiger partial charge in [-0.1, -0.05) is 54.7 Å². The van der Waals surface area contributed by atoms with E-state index in [4.69, 9.17) is 0 Å². The van der Waals surface area contributed by atoms with Gasteiger partial charge in [0, 0.05) is 11.4 Å². The van der Waals surface area contributed by atoms with Crippen LogP contribution in [-0.2, 0) is 0 Å². The topological polar surface area (TPSA) is 12.0 Å². The van der Waals surface area contributed by atoms with Gasteiger partial charge in [-0.15, -0.1) is 13.2 Å². The van der Waals surface area contributed by atoms with E-state index in [9.17, 15) is 0 Å². The zero-order chi connectivity index (χ0) is 19.5. The minimum atomic E-state index is 0.964. The molecule has 0 unspecified atom stereocenters. The summed E-state index contributed by atoms with van der Waals surface area (Å²) in [7, 11) is 0. The number of allylic oxidation sites excluding steroid dienone is 10. The normalized spacial score (nSPS) is 13.1. The molecule has 1 nitrogen and oxygen atoms in total. The zero-order valence-corrected chi connectivity index (χ0v) is 17.1. The molecule has 0 fully saturated rings. The Bertz CT molecular complexity index is 514. The van der Waals surface area contributed by atoms with Crippen LogP contribution in [0.5, 0.6) is 0 Å². The molecular formula is C25H39N. The minimum Gasteiger partial charge on any atom is -0.359 e. The first-order chi connectivity index (χ1) is 12.7. The van der Waals surface area contributed by atoms with Gasteiger partial charge in [-0.25, -0.2) is 0 Å². The molecule has 0 aromatic rings. The van der Waals surface area contributed by atoms with Gasteiger partial charge in [-0.3, -0.25) is 0 Å². The fourth-order valence-electron chi connectivity index (χ4n) is 2.66. The van der Waals surface area contributed by atoms with Crippen molar-refractivity contribution in [2.75, 3.05) is 0 Å². The van der Waals surface area contributed by atoms with Gasteiger partial charge in [-0.05, 0) is 77.7 Å². The molecule has 0 amide bonds. The molecule has 0 aliphatic rings. The van der Waals surface area contributed by atoms with Crippen LogP contribution in [0.3, 0.4) is 0 Å². The van der Waals surface area contributed by atoms with Crippen molar-refractivity contribution in [1.82, 2.24) is 5.32 Å². The molecule has 26 heavy (non-hydrogen) atoms. The van der Waals surface area contributed by atoms with Crippen molar-refractivity contribution in [3.63, 3.8) is 0 Å². The lowest BCUT2D eigenvalue weighted by atomic mass is 10.0. The standard InChI is InChI=1S/C25H39N/c1-6-11-14-21-25(22-15-12-7-2)26-24(10-5)20-17-16-19-23(9-4)18-13-8-3/h6-10,12,20,22,26H,1,3,5,11,13-19,21H2,2,4H3/b12-7-,23-9+,24-20+,25-22+. The fraction of sp³-hybridized carbons (Fsp3) is 0.440. The number of nitrogens with one attached hydrogen (secondary N) is 1. The quantitative estimate of drug-likeness (QED) is 0.169. The maximum absolute atomic E-state index is 3.97. The van der Waals surface area contributed by atoms with E-state index in [2.05, 4.69) is 69.3 Å². The highest BCUT2D eigenvalue weighted by Gasteiger charge is 2.00. The van der Waals surface area contributed by atoms with E-state index in [1.54, 1.807) is 0 Å². The van der Waals surface area contributed by atoms with Crippen LogP contribution in [0.4, 0.5) is 0 Å². The smallest absolute Gasteiger partial charge is 0.0335 e. The zero-order valence-electron chi connectivity index (χ0n) is 17.1. The Labute approximate surface area is 162 Å². The second-order valence-electron chi connectivity index (χ2n) is 6.37. The molecule has 0 aliphatic carbocycles. The number of unbranched alkanes of at least 4 members (excludes halogenated alkanes) is 2. The molecule has 0 saturated heterocycles. The molecule has 0 aromatic heterocycles. The predicted molar refractivity (Wildman–Crippen MR) is 120 cm³/mol. The molecular weight excluding hydrogens is 314 g/mol. The molecule has 0 saturated carbocycles. The molecule has 0 rings (SSSR count). The van der Waals surface area contributed by atoms with E-state index in [0.29, 0.717) is 0 Å². The Morgan fingerprint density at radius 3 is 2.19 bits per heavy atom. The molecule has 0 radical (unpaired) electrons. The Kier molecular flexibility index (Phi) is 16.4. The van der Waals surface area contributed by atoms with Crippen LogP contribution in [0.15, 0.2) is 85.3 Å². The lowest BCUT2D eigenvalue weighted by Gasteiger charge is -2.12. The minimum absolute atomic E-state index is 0.964. The first-order valence-corrected chi connectivity index (χ1v) is 9.97. The Balaban J connectivity index is 4.60. The van der Waals surface area contributed by atoms with Gasteiger partial charge in [0.2, 0.25) is 0 Å². The van der Waals surface area contributed by atoms with Crippen LogP contribution in [0.2, 0.25) is 0 Å². The lowest BCUT2D eigenvalue weighted by molar-refractivity contribution is 0.761. The maximum Gasteiger partial charge on any atom is 0.0335 e. The average Bonchev–Trinajstić information content (AvgIpc) is 2.66. The van der Waals surface area contributed by atoms with Crippen molar-refractivity contribution < 1.29 is 0 Å². The third-order valence-corrected chi connectivity index (χ3v) is 4.26. The van der Waals surface area contributed by atoms with Crippen LogP contribution < -0.4 is 5.32 Å². The van der Waals surface area contributed by atoms with E-state index < -0.39 is 0 Å². The molecule has 0 aliphatic heterocycles. The molecule has 0 spiro atoms. The summed E-state index contributed by atoms with van der Waals surface area (Å²) >= 11 is 0. The van der Waals surface area contributed by atoms with Gasteiger partial charge in [-0.2, -0.15) is 0 Å². The highest BCUT2D eigenvalue weighted by molar-refractivity contribution is 5.21. The van der Waals surface area contributed by atoms with Crippen molar-refractivity contribution in [3.05, 3.63) is 85.3 Å². The van der Waals surface area contributed by atoms with Gasteiger partial charge >= 0.3 is 0 Å². The maximum atomic E-state index is 3.97. The van der Waals surface area contributed by atoms with Crippen LogP contribution in [0.25, 0.3) is 0 Å². The van der Waals surface area contributed by atoms with Crippen LogP contribution in [0, 0.1) is 0 Å². The van der Waals surface area contributed by atoms with Crippen molar-refractivity contribution in [3.8, 4) is 0 Å². The van der Waals surface area contributed by atoms with Gasteiger partial charge in [0.15, 0.2) is 0 Å². The van der Waals surface area contributed by atoms with E-state index in [-0.39, 0.29) is 0 Å². The SMILES string of the molecule is C=CCCC/C(=C\C/C=C\C)N/C(C=C)=C/CCC/C(=C/C)CCC=C. The second kappa shape index (κ2) is 17.8. The predicted octanol–water partition coefficient (Wildman–Crippen LogP) is 7.94. The van der Waals surface area contributed by atoms with Crippen molar-refractivity contribution in [1.29, 1.82) is 0 Å². The van der Waals surface area contributed by atoms with Gasteiger partial charge in [0.25, 0.3) is 0 Å². The highest BCUT2D eigenvalue weighted by atomic mass is 14.9. The Morgan fingerprint density at radius 2 is 1.58 bits per heavy atom. The van der Waals surface area contributed by atoms with Gasteiger partial charge in [0.1, 0.15) is 0 Å². The van der Waals surface area contributed by atoms with Gasteiger partial charge < -0.3 is 5.32 Å². The lowest BCUT2D eigenvalue weighted by Crippen LogP contribution is -2.11. The summed E-state index contributed by atoms with van der Waals surface area (Å²) in [6, 6.07) is 0. The molecule has 144 valence electrons. The van der Waals surface area contributed by atoms with E-state index in [1.807, 2.05) is 18.2 Å². The van der Waals surface area contributed by atoms with Gasteiger partial charge in [0.05, 0.1) is 0 Å². The molecule has 0 aromatic carbocycles. The molecule has 0 atom stereocenters. The fourth-order valence-corrected chi connectivity index (χ4v) is 2.66. The van der Waals surface area contributed by atoms with E-state index in [0.717, 1.165) is 57.1 Å². The first kappa shape index (κ1) is 24.0. The Morgan fingerprint density at radius 1 is 0.846 bits per heavy atom. The van der Waals surface area contributed by atoms with Crippen molar-refractivity contribution in [2.24, 2.45) is 0 Å². The number of hydrogen-bond donors (Lipinski definition) is 1. The van der Waals surface area contributed by atoms with Crippen molar-refractivity contribution in [2.45, 2.75) is 71.6 Å². The molecule has 1 N–H and O–H groups in total. The molecule has 0 heterocycles. The summed E-state index contributed by atoms with van der Waals surface area (Å²) in [5, 5.41) is 3.57. The molecule has 1 heteroatoms. The first-order valence-electron chi connectivity index (χ1n) is 9.97. The van der Waals surface area contributed by atoms with Crippen LogP contribution >= 0.6 is 0 Å². The largest absolute Gasteiger partial charge is 0.359 e. The van der Waals surface area contributed by atoms with Crippen LogP contribution in [0.1, 0.15) is 71.6 Å². The summed E-state index contributed by atoms with van der Waals surface area (Å²) in [6.45, 7) is 15.8. The Hall–Kier alpha value is -2.02. The summed E-state index contributed by atoms with van der Waals surface area (Å²) in [5.41, 5.74) is 3.92. The van der Waals surface area contributed by atoms with Crippen LogP contribution in [-0.4, -0.2) is 0 Å². The number of hydrogen-bond acceptors (Lipinski definition) is 1. The van der Waals surface area contributed by atoms with E-state index >= 15 is 0 Å². The summed E-state index contributed by atoms with van der Waals surface area (Å²) in [6.07, 6.45) is 26.7. The summed E-state index contributed by atoms with van der Waals surface area (Å²) < 4.78 is 0. The van der Waals surface area contributed by atoms with E-state index in [1.165, 1.54) is 17.7 Å². The summed E-state index contributed by atoms with van der Waals surface area (Å²) in [5.74, 6) is 0. The summed E-state index contributed by atoms with van der Waals surface area (Å²) in [4.78, 5) is 0.